The summed E-state index contributed by atoms with van der Waals surface area (Å²) in [4.78, 5) is 4.79. The van der Waals surface area contributed by atoms with Gasteiger partial charge in [0.25, 0.3) is 6.43 Å². The molecule has 3 aromatic heterocycles. The van der Waals surface area contributed by atoms with E-state index in [1.165, 1.54) is 10.6 Å². The van der Waals surface area contributed by atoms with E-state index in [1.807, 2.05) is 19.1 Å². The van der Waals surface area contributed by atoms with E-state index in [2.05, 4.69) is 44.1 Å². The van der Waals surface area contributed by atoms with Crippen LogP contribution < -0.4 is 0 Å². The number of nitrogens with zero attached hydrogens (tertiary/aromatic N) is 4. The van der Waals surface area contributed by atoms with Crippen LogP contribution in [0.3, 0.4) is 0 Å². The first-order valence-electron chi connectivity index (χ1n) is 10.2. The third kappa shape index (κ3) is 4.66. The maximum absolute atomic E-state index is 13.1. The Hall–Kier alpha value is -1.90. The summed E-state index contributed by atoms with van der Waals surface area (Å²) in [7, 11) is -1.92. The van der Waals surface area contributed by atoms with E-state index in [-0.39, 0.29) is 10.9 Å². The minimum Gasteiger partial charge on any atom is -0.411 e. The van der Waals surface area contributed by atoms with E-state index in [1.54, 1.807) is 13.0 Å². The van der Waals surface area contributed by atoms with Crippen LogP contribution in [0.1, 0.15) is 66.5 Å². The predicted octanol–water partition coefficient (Wildman–Crippen LogP) is 6.53. The highest BCUT2D eigenvalue weighted by Gasteiger charge is 2.37. The van der Waals surface area contributed by atoms with Gasteiger partial charge in [-0.1, -0.05) is 26.8 Å². The second-order valence-electron chi connectivity index (χ2n) is 9.36. The van der Waals surface area contributed by atoms with Crippen molar-refractivity contribution in [3.63, 3.8) is 0 Å². The fourth-order valence-corrected chi connectivity index (χ4v) is 4.33. The van der Waals surface area contributed by atoms with Crippen molar-refractivity contribution in [2.75, 3.05) is 0 Å². The largest absolute Gasteiger partial charge is 0.411 e. The summed E-state index contributed by atoms with van der Waals surface area (Å²) >= 11 is 6.79. The van der Waals surface area contributed by atoms with Gasteiger partial charge in [0.05, 0.1) is 18.0 Å². The van der Waals surface area contributed by atoms with Crippen LogP contribution in [0.25, 0.3) is 5.65 Å². The summed E-state index contributed by atoms with van der Waals surface area (Å²) in [6.07, 6.45) is -1.17. The van der Waals surface area contributed by atoms with Gasteiger partial charge in [-0.15, -0.1) is 21.8 Å². The Morgan fingerprint density at radius 2 is 1.81 bits per heavy atom. The SMILES string of the molecule is Cc1ccc(C(Cl)c2ccn3c(C(F)F)nnc3c2C)nc1CO[Si](C)(C)C(C)(C)C. The van der Waals surface area contributed by atoms with Gasteiger partial charge >= 0.3 is 0 Å². The number of rotatable bonds is 6. The third-order valence-electron chi connectivity index (χ3n) is 6.22. The molecule has 0 bridgehead atoms. The molecule has 0 radical (unpaired) electrons. The van der Waals surface area contributed by atoms with Gasteiger partial charge in [-0.3, -0.25) is 9.38 Å². The van der Waals surface area contributed by atoms with Gasteiger partial charge in [0.15, 0.2) is 14.0 Å². The summed E-state index contributed by atoms with van der Waals surface area (Å²) < 4.78 is 33.9. The Labute approximate surface area is 188 Å². The lowest BCUT2D eigenvalue weighted by Gasteiger charge is -2.36. The number of hydrogen-bond donors (Lipinski definition) is 0. The second-order valence-corrected chi connectivity index (χ2v) is 14.6. The number of aryl methyl sites for hydroxylation is 2. The van der Waals surface area contributed by atoms with E-state index in [9.17, 15) is 8.78 Å². The van der Waals surface area contributed by atoms with Crippen molar-refractivity contribution in [2.45, 2.75) is 71.2 Å². The molecule has 3 aromatic rings. The Morgan fingerprint density at radius 1 is 1.13 bits per heavy atom. The zero-order valence-electron chi connectivity index (χ0n) is 19.0. The van der Waals surface area contributed by atoms with Crippen molar-refractivity contribution < 1.29 is 13.2 Å². The molecule has 0 fully saturated rings. The molecule has 168 valence electrons. The van der Waals surface area contributed by atoms with Gasteiger partial charge in [0.1, 0.15) is 5.38 Å². The number of hydrogen-bond acceptors (Lipinski definition) is 4. The van der Waals surface area contributed by atoms with E-state index in [4.69, 9.17) is 21.0 Å². The number of halogens is 3. The zero-order valence-corrected chi connectivity index (χ0v) is 20.8. The van der Waals surface area contributed by atoms with Crippen LogP contribution in [0.15, 0.2) is 24.4 Å². The number of pyridine rings is 2. The first kappa shape index (κ1) is 23.8. The molecule has 0 saturated carbocycles. The van der Waals surface area contributed by atoms with Gasteiger partial charge in [0.2, 0.25) is 5.82 Å². The zero-order chi connectivity index (χ0) is 23.1. The molecular weight excluding hydrogens is 438 g/mol. The van der Waals surface area contributed by atoms with Crippen molar-refractivity contribution in [1.29, 1.82) is 0 Å². The summed E-state index contributed by atoms with van der Waals surface area (Å²) in [6, 6.07) is 5.60. The lowest BCUT2D eigenvalue weighted by atomic mass is 10.0. The Bertz CT molecular complexity index is 1100. The molecule has 0 N–H and O–H groups in total. The molecule has 0 aliphatic carbocycles. The molecule has 3 heterocycles. The summed E-state index contributed by atoms with van der Waals surface area (Å²) in [6.45, 7) is 15.3. The predicted molar refractivity (Wildman–Crippen MR) is 121 cm³/mol. The molecule has 3 rings (SSSR count). The van der Waals surface area contributed by atoms with Crippen LogP contribution in [0.5, 0.6) is 0 Å². The molecule has 0 aliphatic rings. The summed E-state index contributed by atoms with van der Waals surface area (Å²) in [5, 5.41) is 7.09. The van der Waals surface area contributed by atoms with Gasteiger partial charge in [0, 0.05) is 6.20 Å². The van der Waals surface area contributed by atoms with Crippen LogP contribution in [0.4, 0.5) is 8.78 Å². The van der Waals surface area contributed by atoms with Gasteiger partial charge in [-0.25, -0.2) is 8.78 Å². The maximum Gasteiger partial charge on any atom is 0.297 e. The van der Waals surface area contributed by atoms with Gasteiger partial charge < -0.3 is 4.43 Å². The molecule has 5 nitrogen and oxygen atoms in total. The highest BCUT2D eigenvalue weighted by atomic mass is 35.5. The molecule has 0 saturated heterocycles. The molecule has 0 spiro atoms. The molecular formula is C22H29ClF2N4OSi. The van der Waals surface area contributed by atoms with Crippen molar-refractivity contribution in [2.24, 2.45) is 0 Å². The second kappa shape index (κ2) is 8.56. The van der Waals surface area contributed by atoms with Crippen LogP contribution in [0, 0.1) is 13.8 Å². The lowest BCUT2D eigenvalue weighted by molar-refractivity contribution is 0.139. The van der Waals surface area contributed by atoms with Crippen molar-refractivity contribution in [1.82, 2.24) is 19.6 Å². The molecule has 1 atom stereocenters. The van der Waals surface area contributed by atoms with Crippen molar-refractivity contribution in [3.8, 4) is 0 Å². The standard InChI is InChI=1S/C22H29ClF2N4OSi/c1-13-8-9-16(26-17(13)12-30-31(6,7)22(3,4)5)18(23)15-10-11-29-20(14(15)2)27-28-21(29)19(24)25/h8-11,18-19H,12H2,1-7H3. The normalized spacial score (nSPS) is 13.9. The molecule has 1 unspecified atom stereocenters. The van der Waals surface area contributed by atoms with Crippen LogP contribution in [-0.4, -0.2) is 27.9 Å². The number of aromatic nitrogens is 4. The van der Waals surface area contributed by atoms with E-state index in [0.717, 1.165) is 16.8 Å². The van der Waals surface area contributed by atoms with Crippen molar-refractivity contribution >= 4 is 25.6 Å². The Balaban J connectivity index is 1.91. The van der Waals surface area contributed by atoms with Gasteiger partial charge in [-0.05, 0) is 60.8 Å². The van der Waals surface area contributed by atoms with Crippen molar-refractivity contribution in [3.05, 3.63) is 58.3 Å². The molecule has 0 aliphatic heterocycles. The number of alkyl halides is 3. The lowest BCUT2D eigenvalue weighted by Crippen LogP contribution is -2.40. The molecule has 31 heavy (non-hydrogen) atoms. The van der Waals surface area contributed by atoms with Crippen LogP contribution in [0.2, 0.25) is 18.1 Å². The van der Waals surface area contributed by atoms with Crippen LogP contribution >= 0.6 is 11.6 Å². The Morgan fingerprint density at radius 3 is 2.42 bits per heavy atom. The first-order valence-corrected chi connectivity index (χ1v) is 13.5. The minimum absolute atomic E-state index is 0.107. The first-order chi connectivity index (χ1) is 14.3. The fraction of sp³-hybridized carbons (Fsp3) is 0.500. The Kier molecular flexibility index (Phi) is 6.56. The quantitative estimate of drug-likeness (QED) is 0.306. The van der Waals surface area contributed by atoms with E-state index >= 15 is 0 Å². The number of fused-ring (bicyclic) bond motifs is 1. The summed E-state index contributed by atoms with van der Waals surface area (Å²) in [5.74, 6) is -0.380. The van der Waals surface area contributed by atoms with Gasteiger partial charge in [-0.2, -0.15) is 0 Å². The third-order valence-corrected chi connectivity index (χ3v) is 11.2. The van der Waals surface area contributed by atoms with E-state index in [0.29, 0.717) is 23.5 Å². The average molecular weight is 467 g/mol. The summed E-state index contributed by atoms with van der Waals surface area (Å²) in [5.41, 5.74) is 4.40. The fourth-order valence-electron chi connectivity index (χ4n) is 3.04. The van der Waals surface area contributed by atoms with E-state index < -0.39 is 20.1 Å². The minimum atomic E-state index is -2.70. The molecule has 0 amide bonds. The van der Waals surface area contributed by atoms with Crippen LogP contribution in [-0.2, 0) is 11.0 Å². The average Bonchev–Trinajstić information content (AvgIpc) is 3.11. The topological polar surface area (TPSA) is 52.3 Å². The molecule has 0 aromatic carbocycles. The highest BCUT2D eigenvalue weighted by Crippen LogP contribution is 2.37. The highest BCUT2D eigenvalue weighted by molar-refractivity contribution is 6.74. The maximum atomic E-state index is 13.1. The molecule has 9 heteroatoms. The monoisotopic (exact) mass is 466 g/mol. The smallest absolute Gasteiger partial charge is 0.297 e.